The van der Waals surface area contributed by atoms with E-state index in [4.69, 9.17) is 9.47 Å². The predicted molar refractivity (Wildman–Crippen MR) is 178 cm³/mol. The minimum atomic E-state index is -1.02. The second-order valence-electron chi connectivity index (χ2n) is 12.9. The fourth-order valence-electron chi connectivity index (χ4n) is 6.75. The Morgan fingerprint density at radius 2 is 0.979 bits per heavy atom. The van der Waals surface area contributed by atoms with Gasteiger partial charge in [-0.2, -0.15) is 8.78 Å². The highest BCUT2D eigenvalue weighted by molar-refractivity contribution is 5.69. The van der Waals surface area contributed by atoms with Gasteiger partial charge in [0, 0.05) is 11.1 Å². The van der Waals surface area contributed by atoms with E-state index in [9.17, 15) is 13.2 Å². The van der Waals surface area contributed by atoms with Crippen molar-refractivity contribution in [2.45, 2.75) is 103 Å². The Labute approximate surface area is 279 Å². The molecule has 0 bridgehead atoms. The summed E-state index contributed by atoms with van der Waals surface area (Å²) in [4.78, 5) is 0. The summed E-state index contributed by atoms with van der Waals surface area (Å²) in [5.41, 5.74) is 2.08. The average molecular weight is 671 g/mol. The third-order valence-corrected chi connectivity index (χ3v) is 9.64. The number of hydrogen-bond donors (Lipinski definition) is 0. The molecule has 0 aliphatic heterocycles. The van der Waals surface area contributed by atoms with Crippen LogP contribution in [-0.4, -0.2) is 13.2 Å². The van der Waals surface area contributed by atoms with E-state index in [0.717, 1.165) is 38.5 Å². The lowest BCUT2D eigenvalue weighted by Crippen LogP contribution is -2.11. The highest BCUT2D eigenvalue weighted by Crippen LogP contribution is 2.42. The van der Waals surface area contributed by atoms with Gasteiger partial charge in [0.05, 0.1) is 13.2 Å². The first-order valence-corrected chi connectivity index (χ1v) is 17.3. The Kier molecular flexibility index (Phi) is 12.3. The smallest absolute Gasteiger partial charge is 0.201 e. The maximum Gasteiger partial charge on any atom is 0.201 e. The second kappa shape index (κ2) is 16.6. The maximum atomic E-state index is 15.5. The monoisotopic (exact) mass is 670 g/mol. The van der Waals surface area contributed by atoms with E-state index >= 15 is 13.2 Å². The first-order valence-electron chi connectivity index (χ1n) is 17.3. The molecule has 258 valence electrons. The van der Waals surface area contributed by atoms with E-state index in [1.807, 2.05) is 6.92 Å². The SMILES string of the molecule is CCCCCCOc1ccc(C2CC=C(c3ccc(C4CC=C(c5ccc(OCCCC)c(F)c5F)CC4)c(F)c3F)CC2)c(F)c1F. The minimum Gasteiger partial charge on any atom is -0.490 e. The molecule has 0 saturated heterocycles. The van der Waals surface area contributed by atoms with Gasteiger partial charge < -0.3 is 9.47 Å². The summed E-state index contributed by atoms with van der Waals surface area (Å²) in [5, 5.41) is 0. The molecule has 2 aliphatic carbocycles. The van der Waals surface area contributed by atoms with E-state index in [1.165, 1.54) is 18.2 Å². The summed E-state index contributed by atoms with van der Waals surface area (Å²) < 4.78 is 101. The van der Waals surface area contributed by atoms with Crippen LogP contribution in [0.15, 0.2) is 48.6 Å². The van der Waals surface area contributed by atoms with Gasteiger partial charge in [0.2, 0.25) is 11.6 Å². The van der Waals surface area contributed by atoms with Gasteiger partial charge in [-0.15, -0.1) is 0 Å². The highest BCUT2D eigenvalue weighted by Gasteiger charge is 2.28. The lowest BCUT2D eigenvalue weighted by Gasteiger charge is -2.26. The van der Waals surface area contributed by atoms with Gasteiger partial charge in [-0.3, -0.25) is 0 Å². The maximum absolute atomic E-state index is 15.5. The molecule has 2 unspecified atom stereocenters. The van der Waals surface area contributed by atoms with Crippen molar-refractivity contribution in [1.29, 1.82) is 0 Å². The van der Waals surface area contributed by atoms with E-state index < -0.39 is 34.9 Å². The van der Waals surface area contributed by atoms with Crippen LogP contribution in [0.1, 0.15) is 125 Å². The van der Waals surface area contributed by atoms with Crippen LogP contribution in [0, 0.1) is 34.9 Å². The number of rotatable bonds is 14. The Morgan fingerprint density at radius 1 is 0.521 bits per heavy atom. The lowest BCUT2D eigenvalue weighted by atomic mass is 9.80. The summed E-state index contributed by atoms with van der Waals surface area (Å²) in [6, 6.07) is 9.16. The molecule has 0 aromatic heterocycles. The third kappa shape index (κ3) is 7.95. The number of ether oxygens (including phenoxy) is 2. The van der Waals surface area contributed by atoms with Crippen LogP contribution < -0.4 is 9.47 Å². The van der Waals surface area contributed by atoms with Crippen LogP contribution in [0.25, 0.3) is 11.1 Å². The molecule has 0 N–H and O–H groups in total. The third-order valence-electron chi connectivity index (χ3n) is 9.64. The molecule has 0 fully saturated rings. The van der Waals surface area contributed by atoms with Gasteiger partial charge in [0.25, 0.3) is 0 Å². The number of hydrogen-bond acceptors (Lipinski definition) is 2. The van der Waals surface area contributed by atoms with Crippen molar-refractivity contribution in [3.05, 3.63) is 106 Å². The molecule has 0 radical (unpaired) electrons. The molecule has 0 heterocycles. The number of unbranched alkanes of at least 4 members (excludes halogenated alkanes) is 4. The summed E-state index contributed by atoms with van der Waals surface area (Å²) in [5.74, 6) is -6.56. The topological polar surface area (TPSA) is 18.5 Å². The van der Waals surface area contributed by atoms with Crippen LogP contribution >= 0.6 is 0 Å². The van der Waals surface area contributed by atoms with Gasteiger partial charge in [0.1, 0.15) is 0 Å². The Morgan fingerprint density at radius 3 is 1.52 bits per heavy atom. The molecule has 5 rings (SSSR count). The predicted octanol–water partition coefficient (Wildman–Crippen LogP) is 12.4. The molecular formula is C40H44F6O2. The molecule has 2 aliphatic rings. The van der Waals surface area contributed by atoms with Crippen LogP contribution in [0.2, 0.25) is 0 Å². The summed E-state index contributed by atoms with van der Waals surface area (Å²) in [7, 11) is 0. The van der Waals surface area contributed by atoms with Gasteiger partial charge >= 0.3 is 0 Å². The molecule has 0 saturated carbocycles. The van der Waals surface area contributed by atoms with Gasteiger partial charge in [-0.1, -0.05) is 69.9 Å². The Hall–Kier alpha value is -3.68. The van der Waals surface area contributed by atoms with Gasteiger partial charge in [-0.05, 0) is 104 Å². The van der Waals surface area contributed by atoms with Crippen molar-refractivity contribution in [2.24, 2.45) is 0 Å². The fourth-order valence-corrected chi connectivity index (χ4v) is 6.75. The number of benzene rings is 3. The zero-order valence-corrected chi connectivity index (χ0v) is 27.8. The van der Waals surface area contributed by atoms with Crippen LogP contribution in [0.5, 0.6) is 11.5 Å². The normalized spacial score (nSPS) is 18.0. The zero-order valence-electron chi connectivity index (χ0n) is 27.8. The number of allylic oxidation sites excluding steroid dienone is 4. The van der Waals surface area contributed by atoms with E-state index in [2.05, 4.69) is 6.92 Å². The first-order chi connectivity index (χ1) is 23.2. The van der Waals surface area contributed by atoms with E-state index in [-0.39, 0.29) is 45.6 Å². The molecule has 0 spiro atoms. The summed E-state index contributed by atoms with van der Waals surface area (Å²) in [6.45, 7) is 4.71. The van der Waals surface area contributed by atoms with Crippen molar-refractivity contribution in [3.63, 3.8) is 0 Å². The quantitative estimate of drug-likeness (QED) is 0.126. The van der Waals surface area contributed by atoms with E-state index in [0.29, 0.717) is 62.9 Å². The lowest BCUT2D eigenvalue weighted by molar-refractivity contribution is 0.284. The molecule has 2 atom stereocenters. The number of halogens is 6. The van der Waals surface area contributed by atoms with Crippen LogP contribution in [0.3, 0.4) is 0 Å². The average Bonchev–Trinajstić information content (AvgIpc) is 3.10. The van der Waals surface area contributed by atoms with Gasteiger partial charge in [-0.25, -0.2) is 17.6 Å². The Bertz CT molecular complexity index is 1650. The largest absolute Gasteiger partial charge is 0.490 e. The van der Waals surface area contributed by atoms with Crippen molar-refractivity contribution in [1.82, 2.24) is 0 Å². The molecule has 3 aromatic rings. The summed E-state index contributed by atoms with van der Waals surface area (Å²) >= 11 is 0. The highest BCUT2D eigenvalue weighted by atomic mass is 19.2. The Balaban J connectivity index is 1.23. The fraction of sp³-hybridized carbons (Fsp3) is 0.450. The van der Waals surface area contributed by atoms with Crippen molar-refractivity contribution in [2.75, 3.05) is 13.2 Å². The molecule has 8 heteroatoms. The first kappa shape index (κ1) is 35.6. The standard InChI is InChI=1S/C40H44F6O2/c1-3-5-7-8-24-48-34-22-20-32(38(44)40(34)46)28-15-11-26(12-16-28)30-18-17-29(35(41)36(30)42)25-9-13-27(14-10-25)31-19-21-33(39(45)37(31)43)47-23-6-4-2/h11,13,17-22,25,28H,3-10,12,14-16,23-24H2,1-2H3. The summed E-state index contributed by atoms with van der Waals surface area (Å²) in [6.07, 6.45) is 11.5. The minimum absolute atomic E-state index is 0.0925. The molecular weight excluding hydrogens is 626 g/mol. The van der Waals surface area contributed by atoms with Crippen molar-refractivity contribution < 1.29 is 35.8 Å². The molecule has 0 amide bonds. The molecule has 2 nitrogen and oxygen atoms in total. The van der Waals surface area contributed by atoms with Crippen molar-refractivity contribution in [3.8, 4) is 11.5 Å². The second-order valence-corrected chi connectivity index (χ2v) is 12.9. The molecule has 48 heavy (non-hydrogen) atoms. The molecule has 3 aromatic carbocycles. The van der Waals surface area contributed by atoms with Crippen molar-refractivity contribution >= 4 is 11.1 Å². The van der Waals surface area contributed by atoms with Gasteiger partial charge in [0.15, 0.2) is 34.8 Å². The van der Waals surface area contributed by atoms with Crippen LogP contribution in [-0.2, 0) is 0 Å². The van der Waals surface area contributed by atoms with Crippen LogP contribution in [0.4, 0.5) is 26.3 Å². The zero-order chi connectivity index (χ0) is 34.2. The van der Waals surface area contributed by atoms with E-state index in [1.54, 1.807) is 30.4 Å².